The molecule has 1 fully saturated rings. The molecule has 31 heteroatoms. The lowest BCUT2D eigenvalue weighted by Crippen LogP contribution is -2.57. The largest absolute Gasteiger partial charge is 0.481 e. The van der Waals surface area contributed by atoms with Crippen LogP contribution in [0, 0.1) is 5.92 Å². The Labute approximate surface area is 467 Å². The lowest BCUT2D eigenvalue weighted by molar-refractivity contribution is -0.139. The first-order valence-corrected chi connectivity index (χ1v) is 26.5. The number of nitrogens with two attached hydrogens (primary N) is 2. The quantitative estimate of drug-likeness (QED) is 0.0527. The summed E-state index contributed by atoms with van der Waals surface area (Å²) in [6.07, 6.45) is 1.91. The highest BCUT2D eigenvalue weighted by molar-refractivity contribution is 6.26. The molecule has 81 heavy (non-hydrogen) atoms. The van der Waals surface area contributed by atoms with Crippen LogP contribution in [0.2, 0.25) is 0 Å². The molecule has 446 valence electrons. The molecule has 3 rings (SSSR count). The lowest BCUT2D eigenvalue weighted by atomic mass is 9.98. The first-order chi connectivity index (χ1) is 38.6. The van der Waals surface area contributed by atoms with Gasteiger partial charge in [0.1, 0.15) is 42.5 Å². The van der Waals surface area contributed by atoms with Crippen molar-refractivity contribution >= 4 is 89.0 Å². The van der Waals surface area contributed by atoms with Gasteiger partial charge in [-0.15, -0.1) is 0 Å². The van der Waals surface area contributed by atoms with Gasteiger partial charge in [0.05, 0.1) is 32.6 Å². The van der Waals surface area contributed by atoms with Crippen molar-refractivity contribution in [3.8, 4) is 0 Å². The van der Waals surface area contributed by atoms with Crippen LogP contribution < -0.4 is 70.0 Å². The molecular weight excluding hydrogens is 1060 g/mol. The number of rotatable bonds is 12. The summed E-state index contributed by atoms with van der Waals surface area (Å²) in [6.45, 7) is 1.60. The van der Waals surface area contributed by atoms with E-state index in [9.17, 15) is 62.3 Å². The Morgan fingerprint density at radius 3 is 2.11 bits per heavy atom. The minimum atomic E-state index is -1.33. The molecule has 0 unspecified atom stereocenters. The van der Waals surface area contributed by atoms with Crippen molar-refractivity contribution in [2.75, 3.05) is 59.0 Å². The first kappa shape index (κ1) is 66.4. The summed E-state index contributed by atoms with van der Waals surface area (Å²) in [6, 6.07) is 1.12. The summed E-state index contributed by atoms with van der Waals surface area (Å²) in [4.78, 5) is 180. The number of benzene rings is 1. The van der Waals surface area contributed by atoms with E-state index in [0.29, 0.717) is 18.4 Å². The van der Waals surface area contributed by atoms with Gasteiger partial charge in [0.25, 0.3) is 11.8 Å². The Balaban J connectivity index is 1.85. The molecule has 2 heterocycles. The fraction of sp³-hybridized carbons (Fsp3) is 0.580. The third-order valence-electron chi connectivity index (χ3n) is 12.6. The Morgan fingerprint density at radius 2 is 1.42 bits per heavy atom. The van der Waals surface area contributed by atoms with E-state index in [-0.39, 0.29) is 77.1 Å². The number of nitrogens with one attached hydrogen (secondary N) is 11. The highest BCUT2D eigenvalue weighted by Crippen LogP contribution is 2.18. The average Bonchev–Trinajstić information content (AvgIpc) is 3.95. The second kappa shape index (κ2) is 35.6. The molecule has 0 spiro atoms. The van der Waals surface area contributed by atoms with Gasteiger partial charge in [0.15, 0.2) is 12.6 Å². The molecule has 0 aliphatic carbocycles. The van der Waals surface area contributed by atoms with E-state index >= 15 is 0 Å². The molecule has 1 aromatic carbocycles. The number of carboxylic acid groups (broad SMARTS) is 1. The molecular formula is C50H76N16O15. The molecule has 7 atom stereocenters. The maximum Gasteiger partial charge on any atom is 0.305 e. The van der Waals surface area contributed by atoms with Crippen molar-refractivity contribution in [2.45, 2.75) is 121 Å². The summed E-state index contributed by atoms with van der Waals surface area (Å²) < 4.78 is 0. The number of hydrogen-bond donors (Lipinski definition) is 14. The normalized spacial score (nSPS) is 23.2. The van der Waals surface area contributed by atoms with Crippen molar-refractivity contribution in [3.05, 3.63) is 35.9 Å². The fourth-order valence-electron chi connectivity index (χ4n) is 8.04. The minimum Gasteiger partial charge on any atom is -0.481 e. The average molecular weight is 1140 g/mol. The number of aliphatic carboxylic acids is 1. The van der Waals surface area contributed by atoms with Gasteiger partial charge in [-0.2, -0.15) is 0 Å². The van der Waals surface area contributed by atoms with Crippen LogP contribution in [0.1, 0.15) is 84.1 Å². The fourth-order valence-corrected chi connectivity index (χ4v) is 8.04. The highest BCUT2D eigenvalue weighted by Gasteiger charge is 2.36. The second-order valence-corrected chi connectivity index (χ2v) is 19.0. The van der Waals surface area contributed by atoms with Crippen LogP contribution in [0.3, 0.4) is 0 Å². The summed E-state index contributed by atoms with van der Waals surface area (Å²) in [5.41, 5.74) is 11.5. The Morgan fingerprint density at radius 1 is 0.753 bits per heavy atom. The molecule has 16 N–H and O–H groups in total. The number of carboxylic acids is 1. The summed E-state index contributed by atoms with van der Waals surface area (Å²) in [5, 5.41) is 39.9. The van der Waals surface area contributed by atoms with Crippen molar-refractivity contribution in [3.63, 3.8) is 0 Å². The number of fused-ring (bicyclic) bond motifs is 1. The van der Waals surface area contributed by atoms with Crippen LogP contribution >= 0.6 is 0 Å². The van der Waals surface area contributed by atoms with Crippen molar-refractivity contribution in [2.24, 2.45) is 27.5 Å². The molecule has 1 saturated heterocycles. The molecule has 1 aromatic rings. The predicted octanol–water partition coefficient (Wildman–Crippen LogP) is -5.88. The number of aliphatic imine (C=N–C) groups is 1. The van der Waals surface area contributed by atoms with Crippen LogP contribution in [0.15, 0.2) is 40.5 Å². The van der Waals surface area contributed by atoms with Crippen LogP contribution in [0.5, 0.6) is 0 Å². The number of hydrogen-bond acceptors (Lipinski definition) is 16. The van der Waals surface area contributed by atoms with E-state index in [0.717, 1.165) is 6.21 Å². The third kappa shape index (κ3) is 25.6. The summed E-state index contributed by atoms with van der Waals surface area (Å²) >= 11 is 0. The van der Waals surface area contributed by atoms with Crippen molar-refractivity contribution < 1.29 is 72.3 Å². The maximum absolute atomic E-state index is 13.8. The number of amides is 12. The Hall–Kier alpha value is -8.93. The molecule has 0 aromatic heterocycles. The van der Waals surface area contributed by atoms with E-state index in [4.69, 9.17) is 21.4 Å². The minimum absolute atomic E-state index is 0.00175. The van der Waals surface area contributed by atoms with Crippen LogP contribution in [-0.4, -0.2) is 194 Å². The van der Waals surface area contributed by atoms with Gasteiger partial charge in [0, 0.05) is 32.6 Å². The smallest absolute Gasteiger partial charge is 0.305 e. The van der Waals surface area contributed by atoms with Gasteiger partial charge >= 0.3 is 5.97 Å². The molecule has 2 aliphatic rings. The zero-order valence-electron chi connectivity index (χ0n) is 45.6. The summed E-state index contributed by atoms with van der Waals surface area (Å²) in [5.74, 6) is -11.1. The standard InChI is InChI=1S/C50H76N16O15/c1-4-29(2)43-49(80)59-27-41(72)66-21-11-16-35(66)48(79)58-25-38(69)63-33(15-10-19-55-50(51)52)47(78)61-30(3)44(75)64-34(22-31-12-6-5-7-13-31)46(77)57-24-37(68)62-32(45(76)54-20-17-42(73)74)14-8-9-18-53-36(67)26-60-81-28-40(71)56-23-39(70)65-43/h5-7,12-13,26,29-30,32-35,43H,4,8-11,14-25,27-28H2,1-3H3,(H,53,67)(H,54,76)(H,56,71)(H,57,77)(H,58,79)(H,59,80)(H,61,78)(H,62,68)(H,63,69)(H,64,75)(H,65,70)(H,73,74)(H4,51,52,55)/t29-,30-,32-,33-,34-,35-,43-/m0/s1. The maximum atomic E-state index is 13.8. The number of carbonyl (C=O) groups is 13. The summed E-state index contributed by atoms with van der Waals surface area (Å²) in [7, 11) is 0. The van der Waals surface area contributed by atoms with E-state index in [1.807, 2.05) is 0 Å². The number of nitrogens with zero attached hydrogens (tertiary/aromatic N) is 3. The number of guanidine groups is 1. The van der Waals surface area contributed by atoms with Gasteiger partial charge in [-0.1, -0.05) is 55.8 Å². The zero-order chi connectivity index (χ0) is 59.9. The van der Waals surface area contributed by atoms with Gasteiger partial charge in [-0.05, 0) is 63.4 Å². The van der Waals surface area contributed by atoms with Gasteiger partial charge in [-0.3, -0.25) is 67.3 Å². The molecule has 0 saturated carbocycles. The monoisotopic (exact) mass is 1140 g/mol. The van der Waals surface area contributed by atoms with Crippen LogP contribution in [0.4, 0.5) is 0 Å². The van der Waals surface area contributed by atoms with E-state index in [1.165, 1.54) is 11.8 Å². The van der Waals surface area contributed by atoms with Crippen LogP contribution in [0.25, 0.3) is 0 Å². The zero-order valence-corrected chi connectivity index (χ0v) is 45.6. The predicted molar refractivity (Wildman–Crippen MR) is 288 cm³/mol. The lowest BCUT2D eigenvalue weighted by Gasteiger charge is -2.26. The van der Waals surface area contributed by atoms with E-state index in [1.54, 1.807) is 44.2 Å². The van der Waals surface area contributed by atoms with Gasteiger partial charge in [0.2, 0.25) is 59.1 Å². The van der Waals surface area contributed by atoms with Gasteiger partial charge in [-0.25, -0.2) is 0 Å². The van der Waals surface area contributed by atoms with Crippen molar-refractivity contribution in [1.29, 1.82) is 0 Å². The van der Waals surface area contributed by atoms with Gasteiger partial charge < -0.3 is 84.8 Å². The molecule has 31 nitrogen and oxygen atoms in total. The third-order valence-corrected chi connectivity index (χ3v) is 12.6. The Kier molecular flexibility index (Phi) is 29.1. The topological polar surface area (TPSA) is 464 Å². The Bertz CT molecular complexity index is 2440. The molecule has 0 radical (unpaired) electrons. The van der Waals surface area contributed by atoms with E-state index in [2.05, 4.69) is 68.6 Å². The SMILES string of the molecule is CC[C@H](C)[C@@H]1NC(=O)CNC(=O)CON=CC(=O)NCCCC[C@@H](C(=O)NCCC(=O)O)NC(=O)CNC(=O)[C@H](Cc2ccccc2)NC(=O)[C@H](C)NC(=O)[C@H](CCCN=C(N)N)NC(=O)CNC(=O)[C@@H]2CCCN2C(=O)CNC1=O. The molecule has 0 bridgehead atoms. The number of oxime groups is 1. The second-order valence-electron chi connectivity index (χ2n) is 19.0. The first-order valence-electron chi connectivity index (χ1n) is 26.5. The van der Waals surface area contributed by atoms with Crippen molar-refractivity contribution in [1.82, 2.24) is 63.4 Å². The van der Waals surface area contributed by atoms with Crippen LogP contribution in [-0.2, 0) is 73.6 Å². The van der Waals surface area contributed by atoms with E-state index < -0.39 is 158 Å². The molecule has 12 amide bonds. The highest BCUT2D eigenvalue weighted by atomic mass is 16.6. The molecule has 2 aliphatic heterocycles. The number of carbonyl (C=O) groups excluding carboxylic acids is 12.